The number of pyridine rings is 2. The van der Waals surface area contributed by atoms with Crippen LogP contribution in [0.5, 0.6) is 0 Å². The Morgan fingerprint density at radius 3 is 2.61 bits per heavy atom. The van der Waals surface area contributed by atoms with Crippen molar-refractivity contribution in [1.29, 1.82) is 0 Å². The molecule has 4 rings (SSSR count). The molecule has 0 spiro atoms. The fraction of sp³-hybridized carbons (Fsp3) is 0.364. The van der Waals surface area contributed by atoms with E-state index >= 15 is 0 Å². The minimum atomic E-state index is -4.56. The summed E-state index contributed by atoms with van der Waals surface area (Å²) in [6.45, 7) is 7.76. The average Bonchev–Trinajstić information content (AvgIpc) is 3.24. The Hall–Kier alpha value is -3.68. The summed E-state index contributed by atoms with van der Waals surface area (Å²) in [7, 11) is 0. The Balaban J connectivity index is 1.61. The lowest BCUT2D eigenvalue weighted by Crippen LogP contribution is -2.49. The summed E-state index contributed by atoms with van der Waals surface area (Å²) in [5, 5.41) is 3.22. The van der Waals surface area contributed by atoms with Gasteiger partial charge in [0.05, 0.1) is 6.20 Å². The molecule has 1 amide bonds. The van der Waals surface area contributed by atoms with Crippen LogP contribution < -0.4 is 5.32 Å². The molecule has 0 radical (unpaired) electrons. The molecular weight excluding hydrogens is 440 g/mol. The molecule has 1 aliphatic rings. The highest BCUT2D eigenvalue weighted by Gasteiger charge is 2.39. The van der Waals surface area contributed by atoms with Gasteiger partial charge in [-0.25, -0.2) is 15.9 Å². The highest BCUT2D eigenvalue weighted by atomic mass is 19.4. The van der Waals surface area contributed by atoms with Crippen LogP contribution in [0, 0.1) is 12.4 Å². The third-order valence-electron chi connectivity index (χ3n) is 5.95. The fourth-order valence-corrected chi connectivity index (χ4v) is 4.12. The van der Waals surface area contributed by atoms with E-state index in [0.29, 0.717) is 44.0 Å². The molecule has 4 heterocycles. The number of hydrogen-bond donors (Lipinski definition) is 1. The van der Waals surface area contributed by atoms with Gasteiger partial charge in [0, 0.05) is 36.9 Å². The number of hydrogen-bond acceptors (Lipinski definition) is 4. The van der Waals surface area contributed by atoms with E-state index in [1.807, 2.05) is 0 Å². The van der Waals surface area contributed by atoms with Gasteiger partial charge in [-0.1, -0.05) is 6.07 Å². The molecule has 1 saturated heterocycles. The van der Waals surface area contributed by atoms with Crippen LogP contribution in [0.25, 0.3) is 10.5 Å². The summed E-state index contributed by atoms with van der Waals surface area (Å²) in [6.07, 6.45) is -1.51. The number of halogens is 4. The lowest BCUT2D eigenvalue weighted by Gasteiger charge is -2.41. The van der Waals surface area contributed by atoms with Crippen molar-refractivity contribution in [2.75, 3.05) is 31.5 Å². The minimum Gasteiger partial charge on any atom is -0.370 e. The van der Waals surface area contributed by atoms with E-state index < -0.39 is 23.1 Å². The zero-order chi connectivity index (χ0) is 23.6. The molecule has 0 aliphatic carbocycles. The zero-order valence-electron chi connectivity index (χ0n) is 17.4. The third kappa shape index (κ3) is 4.60. The van der Waals surface area contributed by atoms with Gasteiger partial charge >= 0.3 is 12.1 Å². The van der Waals surface area contributed by atoms with E-state index in [2.05, 4.69) is 20.1 Å². The molecule has 172 valence electrons. The first-order chi connectivity index (χ1) is 15.7. The van der Waals surface area contributed by atoms with Crippen LogP contribution in [0.3, 0.4) is 0 Å². The lowest BCUT2D eigenvalue weighted by atomic mass is 9.75. The third-order valence-corrected chi connectivity index (χ3v) is 5.95. The van der Waals surface area contributed by atoms with Crippen molar-refractivity contribution >= 4 is 17.4 Å². The van der Waals surface area contributed by atoms with Crippen molar-refractivity contribution < 1.29 is 22.4 Å². The maximum Gasteiger partial charge on any atom is 0.434 e. The molecule has 0 unspecified atom stereocenters. The molecule has 1 aliphatic heterocycles. The zero-order valence-corrected chi connectivity index (χ0v) is 17.4. The van der Waals surface area contributed by atoms with Crippen molar-refractivity contribution in [3.05, 3.63) is 71.3 Å². The second-order valence-corrected chi connectivity index (χ2v) is 7.96. The second-order valence-electron chi connectivity index (χ2n) is 7.96. The molecule has 0 atom stereocenters. The Bertz CT molecular complexity index is 1190. The van der Waals surface area contributed by atoms with Crippen molar-refractivity contribution in [1.82, 2.24) is 19.3 Å². The van der Waals surface area contributed by atoms with Crippen molar-refractivity contribution in [3.63, 3.8) is 0 Å². The van der Waals surface area contributed by atoms with E-state index in [4.69, 9.17) is 6.57 Å². The summed E-state index contributed by atoms with van der Waals surface area (Å²) in [6, 6.07) is 7.65. The number of anilines is 1. The number of rotatable bonds is 5. The van der Waals surface area contributed by atoms with Crippen LogP contribution in [0.2, 0.25) is 0 Å². The number of fused-ring (bicyclic) bond motifs is 1. The predicted molar refractivity (Wildman–Crippen MR) is 112 cm³/mol. The Labute approximate surface area is 186 Å². The van der Waals surface area contributed by atoms with Gasteiger partial charge in [0.25, 0.3) is 6.54 Å². The van der Waals surface area contributed by atoms with Gasteiger partial charge in [-0.2, -0.15) is 13.2 Å². The maximum atomic E-state index is 13.5. The molecule has 1 N–H and O–H groups in total. The molecule has 11 heteroatoms. The first-order valence-corrected chi connectivity index (χ1v) is 10.2. The minimum absolute atomic E-state index is 0.154. The van der Waals surface area contributed by atoms with Crippen molar-refractivity contribution in [2.45, 2.75) is 24.4 Å². The lowest BCUT2D eigenvalue weighted by molar-refractivity contribution is -0.140. The normalized spacial score (nSPS) is 15.9. The molecule has 3 aromatic rings. The topological polar surface area (TPSA) is 66.9 Å². The number of alkyl halides is 3. The standard InChI is InChI=1S/C22H20F4N6O/c1-27-12-20(33)31-9-7-21(8-10-31,16-6-5-15(23)11-28-16)14-29-18-3-2-4-19-30-17(13-32(18)19)22(24,25)26/h2-6,11,13,29H,7-10,12,14H2. The van der Waals surface area contributed by atoms with E-state index in [9.17, 15) is 22.4 Å². The van der Waals surface area contributed by atoms with Crippen LogP contribution >= 0.6 is 0 Å². The molecule has 1 fully saturated rings. The van der Waals surface area contributed by atoms with Gasteiger partial charge in [0.15, 0.2) is 5.69 Å². The summed E-state index contributed by atoms with van der Waals surface area (Å²) in [5.41, 5.74) is -0.792. The summed E-state index contributed by atoms with van der Waals surface area (Å²) in [5.74, 6) is -0.306. The number of carbonyl (C=O) groups is 1. The Morgan fingerprint density at radius 2 is 1.97 bits per heavy atom. The number of nitrogens with zero attached hydrogens (tertiary/aromatic N) is 5. The number of amides is 1. The Kier molecular flexibility index (Phi) is 5.93. The van der Waals surface area contributed by atoms with Crippen molar-refractivity contribution in [3.8, 4) is 0 Å². The quantitative estimate of drug-likeness (QED) is 0.465. The average molecular weight is 460 g/mol. The van der Waals surface area contributed by atoms with Crippen LogP contribution in [0.4, 0.5) is 23.4 Å². The second kappa shape index (κ2) is 8.69. The highest BCUT2D eigenvalue weighted by molar-refractivity contribution is 5.79. The van der Waals surface area contributed by atoms with Gasteiger partial charge in [-0.3, -0.25) is 14.2 Å². The predicted octanol–water partition coefficient (Wildman–Crippen LogP) is 3.78. The first-order valence-electron chi connectivity index (χ1n) is 10.2. The highest BCUT2D eigenvalue weighted by Crippen LogP contribution is 2.35. The van der Waals surface area contributed by atoms with E-state index in [-0.39, 0.29) is 18.1 Å². The summed E-state index contributed by atoms with van der Waals surface area (Å²) in [4.78, 5) is 24.8. The van der Waals surface area contributed by atoms with Gasteiger partial charge in [-0.15, -0.1) is 0 Å². The van der Waals surface area contributed by atoms with Crippen LogP contribution in [0.1, 0.15) is 24.2 Å². The molecular formula is C22H20F4N6O. The number of likely N-dealkylation sites (tertiary alicyclic amines) is 1. The summed E-state index contributed by atoms with van der Waals surface area (Å²) < 4.78 is 54.2. The van der Waals surface area contributed by atoms with Crippen LogP contribution in [0.15, 0.2) is 42.7 Å². The molecule has 0 saturated carbocycles. The van der Waals surface area contributed by atoms with E-state index in [1.54, 1.807) is 23.1 Å². The first kappa shape index (κ1) is 22.5. The molecule has 3 aromatic heterocycles. The molecule has 0 aromatic carbocycles. The van der Waals surface area contributed by atoms with Crippen molar-refractivity contribution in [2.24, 2.45) is 0 Å². The number of piperidine rings is 1. The number of aromatic nitrogens is 3. The maximum absolute atomic E-state index is 13.5. The summed E-state index contributed by atoms with van der Waals surface area (Å²) >= 11 is 0. The van der Waals surface area contributed by atoms with Crippen LogP contribution in [-0.2, 0) is 16.4 Å². The fourth-order valence-electron chi connectivity index (χ4n) is 4.12. The number of nitrogens with one attached hydrogen (secondary N) is 1. The van der Waals surface area contributed by atoms with Gasteiger partial charge < -0.3 is 15.1 Å². The van der Waals surface area contributed by atoms with Gasteiger partial charge in [0.2, 0.25) is 0 Å². The Morgan fingerprint density at radius 1 is 1.21 bits per heavy atom. The van der Waals surface area contributed by atoms with Gasteiger partial charge in [-0.05, 0) is 37.1 Å². The number of imidazole rings is 1. The molecule has 0 bridgehead atoms. The van der Waals surface area contributed by atoms with E-state index in [0.717, 1.165) is 12.4 Å². The molecule has 33 heavy (non-hydrogen) atoms. The number of carbonyl (C=O) groups excluding carboxylic acids is 1. The van der Waals surface area contributed by atoms with Crippen LogP contribution in [-0.4, -0.2) is 51.4 Å². The largest absolute Gasteiger partial charge is 0.434 e. The van der Waals surface area contributed by atoms with E-state index in [1.165, 1.54) is 16.5 Å². The smallest absolute Gasteiger partial charge is 0.370 e. The molecule has 7 nitrogen and oxygen atoms in total. The van der Waals surface area contributed by atoms with Gasteiger partial charge in [0.1, 0.15) is 17.3 Å². The SMILES string of the molecule is [C-]#[N+]CC(=O)N1CCC(CNc2cccc3nc(C(F)(F)F)cn23)(c2ccc(F)cn2)CC1. The monoisotopic (exact) mass is 460 g/mol.